The fraction of sp³-hybridized carbons (Fsp3) is 0.200. The van der Waals surface area contributed by atoms with Crippen molar-refractivity contribution < 1.29 is 22.8 Å². The van der Waals surface area contributed by atoms with Crippen molar-refractivity contribution in [3.63, 3.8) is 0 Å². The molecular weight excluding hydrogens is 279 g/mol. The van der Waals surface area contributed by atoms with Gasteiger partial charge < -0.3 is 0 Å². The summed E-state index contributed by atoms with van der Waals surface area (Å²) in [5, 5.41) is 7.13. The average molecular weight is 287 g/mol. The molecule has 2 rings (SSSR count). The molecule has 0 unspecified atom stereocenters. The zero-order valence-corrected chi connectivity index (χ0v) is 10.0. The Morgan fingerprint density at radius 1 is 1.40 bits per heavy atom. The van der Waals surface area contributed by atoms with E-state index in [2.05, 4.69) is 20.1 Å². The Bertz CT molecular complexity index is 608. The van der Waals surface area contributed by atoms with Crippen LogP contribution in [0.3, 0.4) is 0 Å². The van der Waals surface area contributed by atoms with Gasteiger partial charge in [0.15, 0.2) is 11.5 Å². The first-order valence-corrected chi connectivity index (χ1v) is 5.21. The molecule has 20 heavy (non-hydrogen) atoms. The molecule has 0 aliphatic rings. The number of aromatic nitrogens is 4. The van der Waals surface area contributed by atoms with E-state index < -0.39 is 17.6 Å². The number of carbonyl (C=O) groups is 1. The third kappa shape index (κ3) is 2.91. The number of carbonyl (C=O) groups excluding carboxylic acids is 1. The molecule has 7 nitrogen and oxygen atoms in total. The van der Waals surface area contributed by atoms with Crippen LogP contribution in [0.2, 0.25) is 0 Å². The number of pyridine rings is 1. The van der Waals surface area contributed by atoms with Gasteiger partial charge in [-0.2, -0.15) is 13.2 Å². The third-order valence-corrected chi connectivity index (χ3v) is 2.23. The smallest absolute Gasteiger partial charge is 0.277 e. The van der Waals surface area contributed by atoms with Crippen LogP contribution in [0.4, 0.5) is 13.2 Å². The molecule has 0 aliphatic carbocycles. The normalized spacial score (nSPS) is 11.4. The molecule has 0 bridgehead atoms. The number of alkyl halides is 3. The summed E-state index contributed by atoms with van der Waals surface area (Å²) >= 11 is 0. The van der Waals surface area contributed by atoms with E-state index in [4.69, 9.17) is 0 Å². The molecule has 2 aromatic rings. The van der Waals surface area contributed by atoms with Crippen LogP contribution in [0, 0.1) is 0 Å². The first-order chi connectivity index (χ1) is 9.41. The molecule has 0 saturated carbocycles. The molecule has 0 atom stereocenters. The summed E-state index contributed by atoms with van der Waals surface area (Å²) in [5.41, 5.74) is 1.09. The van der Waals surface area contributed by atoms with Gasteiger partial charge in [0, 0.05) is 6.20 Å². The number of halogens is 3. The average Bonchev–Trinajstić information content (AvgIpc) is 2.88. The second kappa shape index (κ2) is 5.25. The van der Waals surface area contributed by atoms with Gasteiger partial charge in [-0.25, -0.2) is 15.1 Å². The fourth-order valence-electron chi connectivity index (χ4n) is 1.31. The van der Waals surface area contributed by atoms with Gasteiger partial charge in [0.1, 0.15) is 0 Å². The second-order valence-corrected chi connectivity index (χ2v) is 3.59. The fourth-order valence-corrected chi connectivity index (χ4v) is 1.31. The summed E-state index contributed by atoms with van der Waals surface area (Å²) in [6, 6.07) is 1.98. The number of hydrogen-bond donors (Lipinski definition) is 1. The van der Waals surface area contributed by atoms with Gasteiger partial charge in [-0.1, -0.05) is 5.21 Å². The van der Waals surface area contributed by atoms with E-state index in [-0.39, 0.29) is 11.5 Å². The predicted octanol–water partition coefficient (Wildman–Crippen LogP) is 0.972. The lowest BCUT2D eigenvalue weighted by molar-refractivity contribution is -0.137. The number of nitrogens with zero attached hydrogens (tertiary/aromatic N) is 4. The van der Waals surface area contributed by atoms with E-state index in [0.29, 0.717) is 6.20 Å². The molecule has 1 N–H and O–H groups in total. The minimum absolute atomic E-state index is 0.0615. The van der Waals surface area contributed by atoms with Crippen molar-refractivity contribution in [2.45, 2.75) is 6.18 Å². The van der Waals surface area contributed by atoms with Crippen LogP contribution < -0.4 is 5.48 Å². The first-order valence-electron chi connectivity index (χ1n) is 5.21. The van der Waals surface area contributed by atoms with E-state index in [9.17, 15) is 18.0 Å². The number of amides is 1. The molecular formula is C10H8F3N5O2. The van der Waals surface area contributed by atoms with Crippen molar-refractivity contribution in [1.82, 2.24) is 25.5 Å². The van der Waals surface area contributed by atoms with Crippen molar-refractivity contribution in [3.8, 4) is 5.82 Å². The molecule has 0 radical (unpaired) electrons. The quantitative estimate of drug-likeness (QED) is 0.851. The van der Waals surface area contributed by atoms with Crippen LogP contribution in [0.5, 0.6) is 0 Å². The Morgan fingerprint density at radius 2 is 2.15 bits per heavy atom. The Labute approximate surface area is 110 Å². The Kier molecular flexibility index (Phi) is 3.66. The lowest BCUT2D eigenvalue weighted by Gasteiger charge is -2.06. The van der Waals surface area contributed by atoms with Crippen LogP contribution in [-0.4, -0.2) is 33.0 Å². The van der Waals surface area contributed by atoms with Gasteiger partial charge in [-0.3, -0.25) is 9.63 Å². The maximum absolute atomic E-state index is 12.4. The van der Waals surface area contributed by atoms with Crippen LogP contribution >= 0.6 is 0 Å². The summed E-state index contributed by atoms with van der Waals surface area (Å²) < 4.78 is 38.2. The maximum atomic E-state index is 12.4. The van der Waals surface area contributed by atoms with Crippen molar-refractivity contribution >= 4 is 5.91 Å². The Balaban J connectivity index is 2.22. The molecule has 0 aromatic carbocycles. The van der Waals surface area contributed by atoms with Crippen LogP contribution in [-0.2, 0) is 11.0 Å². The Morgan fingerprint density at radius 3 is 2.70 bits per heavy atom. The highest BCUT2D eigenvalue weighted by Crippen LogP contribution is 2.28. The number of hydrogen-bond acceptors (Lipinski definition) is 5. The summed E-state index contributed by atoms with van der Waals surface area (Å²) in [4.78, 5) is 19.4. The van der Waals surface area contributed by atoms with Crippen molar-refractivity contribution in [2.24, 2.45) is 0 Å². The van der Waals surface area contributed by atoms with E-state index in [1.165, 1.54) is 13.3 Å². The van der Waals surface area contributed by atoms with E-state index >= 15 is 0 Å². The molecule has 0 fully saturated rings. The zero-order chi connectivity index (χ0) is 14.8. The second-order valence-electron chi connectivity index (χ2n) is 3.59. The standard InChI is InChI=1S/C10H8F3N5O2/c1-20-16-9(19)7-5-18(17-15-7)8-3-2-6(4-14-8)10(11,12)13/h2-5H,1H3,(H,16,19). The number of hydroxylamine groups is 1. The summed E-state index contributed by atoms with van der Waals surface area (Å²) in [7, 11) is 1.25. The van der Waals surface area contributed by atoms with Crippen molar-refractivity contribution in [1.29, 1.82) is 0 Å². The van der Waals surface area contributed by atoms with Crippen LogP contribution in [0.15, 0.2) is 24.5 Å². The monoisotopic (exact) mass is 287 g/mol. The summed E-state index contributed by atoms with van der Waals surface area (Å²) in [6.07, 6.45) is -2.58. The lowest BCUT2D eigenvalue weighted by Crippen LogP contribution is -2.22. The van der Waals surface area contributed by atoms with Gasteiger partial charge in [-0.05, 0) is 12.1 Å². The third-order valence-electron chi connectivity index (χ3n) is 2.23. The van der Waals surface area contributed by atoms with E-state index in [1.807, 2.05) is 5.48 Å². The predicted molar refractivity (Wildman–Crippen MR) is 58.6 cm³/mol. The summed E-state index contributed by atoms with van der Waals surface area (Å²) in [6.45, 7) is 0. The molecule has 0 saturated heterocycles. The highest BCUT2D eigenvalue weighted by molar-refractivity contribution is 5.91. The largest absolute Gasteiger partial charge is 0.417 e. The Hall–Kier alpha value is -2.49. The molecule has 2 aromatic heterocycles. The van der Waals surface area contributed by atoms with Crippen molar-refractivity contribution in [2.75, 3.05) is 7.11 Å². The summed E-state index contributed by atoms with van der Waals surface area (Å²) in [5.74, 6) is -0.535. The minimum Gasteiger partial charge on any atom is -0.277 e. The molecule has 0 spiro atoms. The van der Waals surface area contributed by atoms with E-state index in [0.717, 1.165) is 16.8 Å². The van der Waals surface area contributed by atoms with Gasteiger partial charge >= 0.3 is 6.18 Å². The highest BCUT2D eigenvalue weighted by atomic mass is 19.4. The highest BCUT2D eigenvalue weighted by Gasteiger charge is 2.30. The van der Waals surface area contributed by atoms with Gasteiger partial charge in [-0.15, -0.1) is 5.10 Å². The minimum atomic E-state index is -4.46. The SMILES string of the molecule is CONC(=O)c1cn(-c2ccc(C(F)(F)F)cn2)nn1. The number of nitrogens with one attached hydrogen (secondary N) is 1. The maximum Gasteiger partial charge on any atom is 0.417 e. The molecule has 0 aliphatic heterocycles. The van der Waals surface area contributed by atoms with Gasteiger partial charge in [0.25, 0.3) is 5.91 Å². The van der Waals surface area contributed by atoms with Crippen LogP contribution in [0.1, 0.15) is 16.1 Å². The van der Waals surface area contributed by atoms with Crippen LogP contribution in [0.25, 0.3) is 5.82 Å². The van der Waals surface area contributed by atoms with Crippen molar-refractivity contribution in [3.05, 3.63) is 35.8 Å². The molecule has 2 heterocycles. The first kappa shape index (κ1) is 13.9. The van der Waals surface area contributed by atoms with E-state index in [1.54, 1.807) is 0 Å². The van der Waals surface area contributed by atoms with Gasteiger partial charge in [0.05, 0.1) is 18.9 Å². The van der Waals surface area contributed by atoms with Gasteiger partial charge in [0.2, 0.25) is 0 Å². The topological polar surface area (TPSA) is 81.9 Å². The molecule has 1 amide bonds. The molecule has 106 valence electrons. The molecule has 10 heteroatoms. The zero-order valence-electron chi connectivity index (χ0n) is 10.0. The lowest BCUT2D eigenvalue weighted by atomic mass is 10.3. The number of rotatable bonds is 3.